The highest BCUT2D eigenvalue weighted by Gasteiger charge is 2.17. The minimum atomic E-state index is -0.890. The fraction of sp³-hybridized carbons (Fsp3) is 0.438. The van der Waals surface area contributed by atoms with E-state index in [4.69, 9.17) is 11.5 Å². The van der Waals surface area contributed by atoms with Gasteiger partial charge in [0.1, 0.15) is 0 Å². The number of hydrogen-bond donors (Lipinski definition) is 3. The van der Waals surface area contributed by atoms with E-state index in [0.29, 0.717) is 18.7 Å². The fourth-order valence-electron chi connectivity index (χ4n) is 2.93. The largest absolute Gasteiger partial charge is 0.478 e. The Morgan fingerprint density at radius 1 is 1.24 bits per heavy atom. The third-order valence-electron chi connectivity index (χ3n) is 4.01. The molecule has 2 aromatic rings. The normalized spacial score (nSPS) is 11.2. The lowest BCUT2D eigenvalue weighted by Gasteiger charge is -2.08. The minimum Gasteiger partial charge on any atom is -0.478 e. The monoisotopic (exact) mass is 289 g/mol. The Morgan fingerprint density at radius 3 is 2.52 bits per heavy atom. The van der Waals surface area contributed by atoms with Gasteiger partial charge in [0, 0.05) is 23.1 Å². The zero-order chi connectivity index (χ0) is 15.6. The molecule has 0 saturated heterocycles. The van der Waals surface area contributed by atoms with Crippen molar-refractivity contribution in [2.75, 3.05) is 13.1 Å². The number of fused-ring (bicyclic) bond motifs is 1. The number of benzene rings is 1. The molecule has 0 amide bonds. The summed E-state index contributed by atoms with van der Waals surface area (Å²) in [6.07, 6.45) is 1.66. The van der Waals surface area contributed by atoms with Crippen molar-refractivity contribution in [3.8, 4) is 0 Å². The Bertz CT molecular complexity index is 674. The van der Waals surface area contributed by atoms with E-state index in [2.05, 4.69) is 11.5 Å². The number of aryl methyl sites for hydroxylation is 2. The highest BCUT2D eigenvalue weighted by molar-refractivity contribution is 5.97. The Morgan fingerprint density at radius 2 is 1.95 bits per heavy atom. The SMILES string of the molecule is Cc1cc2c(CCN)c(C)n(CCCN)c2cc1C(=O)O. The Kier molecular flexibility index (Phi) is 4.65. The summed E-state index contributed by atoms with van der Waals surface area (Å²) in [6, 6.07) is 3.74. The maximum Gasteiger partial charge on any atom is 0.336 e. The number of carboxylic acids is 1. The standard InChI is InChI=1S/C16H23N3O2/c1-10-8-14-12(4-6-18)11(2)19(7-3-5-17)15(14)9-13(10)16(20)21/h8-9H,3-7,17-18H2,1-2H3,(H,20,21). The number of rotatable bonds is 6. The Hall–Kier alpha value is -1.85. The lowest BCUT2D eigenvalue weighted by Crippen LogP contribution is -2.08. The summed E-state index contributed by atoms with van der Waals surface area (Å²) in [5, 5.41) is 10.4. The molecule has 0 saturated carbocycles. The first kappa shape index (κ1) is 15.5. The molecule has 0 aliphatic carbocycles. The van der Waals surface area contributed by atoms with Gasteiger partial charge in [-0.15, -0.1) is 0 Å². The van der Waals surface area contributed by atoms with Gasteiger partial charge in [0.15, 0.2) is 0 Å². The third kappa shape index (κ3) is 2.80. The Balaban J connectivity index is 2.71. The first-order valence-electron chi connectivity index (χ1n) is 7.27. The highest BCUT2D eigenvalue weighted by Crippen LogP contribution is 2.29. The molecule has 0 fully saturated rings. The van der Waals surface area contributed by atoms with Gasteiger partial charge >= 0.3 is 5.97 Å². The van der Waals surface area contributed by atoms with E-state index in [9.17, 15) is 9.90 Å². The van der Waals surface area contributed by atoms with E-state index in [1.165, 1.54) is 5.56 Å². The molecule has 0 aliphatic heterocycles. The summed E-state index contributed by atoms with van der Waals surface area (Å²) < 4.78 is 2.17. The van der Waals surface area contributed by atoms with Gasteiger partial charge < -0.3 is 21.1 Å². The number of hydrogen-bond acceptors (Lipinski definition) is 3. The topological polar surface area (TPSA) is 94.3 Å². The molecule has 0 radical (unpaired) electrons. The second kappa shape index (κ2) is 6.28. The molecule has 0 spiro atoms. The molecular weight excluding hydrogens is 266 g/mol. The van der Waals surface area contributed by atoms with E-state index in [0.717, 1.165) is 41.5 Å². The minimum absolute atomic E-state index is 0.355. The molecule has 2 rings (SSSR count). The van der Waals surface area contributed by atoms with Crippen molar-refractivity contribution in [3.05, 3.63) is 34.5 Å². The molecule has 0 unspecified atom stereocenters. The van der Waals surface area contributed by atoms with Crippen molar-refractivity contribution in [3.63, 3.8) is 0 Å². The molecule has 5 nitrogen and oxygen atoms in total. The van der Waals surface area contributed by atoms with Crippen LogP contribution in [0.5, 0.6) is 0 Å². The molecular formula is C16H23N3O2. The van der Waals surface area contributed by atoms with Crippen molar-refractivity contribution in [2.24, 2.45) is 11.5 Å². The summed E-state index contributed by atoms with van der Waals surface area (Å²) in [5.41, 5.74) is 15.8. The summed E-state index contributed by atoms with van der Waals surface area (Å²) in [5.74, 6) is -0.890. The second-order valence-electron chi connectivity index (χ2n) is 5.39. The predicted octanol–water partition coefficient (Wildman–Crippen LogP) is 1.81. The van der Waals surface area contributed by atoms with Gasteiger partial charge in [-0.2, -0.15) is 0 Å². The number of nitrogens with two attached hydrogens (primary N) is 2. The van der Waals surface area contributed by atoms with E-state index < -0.39 is 5.97 Å². The van der Waals surface area contributed by atoms with Crippen LogP contribution in [-0.4, -0.2) is 28.7 Å². The molecule has 0 atom stereocenters. The Labute approximate surface area is 124 Å². The molecule has 21 heavy (non-hydrogen) atoms. The number of aromatic nitrogens is 1. The molecule has 5 N–H and O–H groups in total. The first-order chi connectivity index (χ1) is 10.0. The van der Waals surface area contributed by atoms with Crippen LogP contribution in [0.25, 0.3) is 10.9 Å². The van der Waals surface area contributed by atoms with E-state index in [1.54, 1.807) is 6.07 Å². The van der Waals surface area contributed by atoms with Gasteiger partial charge in [0.05, 0.1) is 5.56 Å². The van der Waals surface area contributed by atoms with Gasteiger partial charge in [0.25, 0.3) is 0 Å². The average Bonchev–Trinajstić information content (AvgIpc) is 2.68. The number of carbonyl (C=O) groups is 1. The van der Waals surface area contributed by atoms with E-state index in [-0.39, 0.29) is 0 Å². The van der Waals surface area contributed by atoms with Gasteiger partial charge in [-0.05, 0) is 63.0 Å². The van der Waals surface area contributed by atoms with E-state index >= 15 is 0 Å². The van der Waals surface area contributed by atoms with Crippen LogP contribution in [0.15, 0.2) is 12.1 Å². The number of aromatic carboxylic acids is 1. The first-order valence-corrected chi connectivity index (χ1v) is 7.27. The molecule has 1 aromatic heterocycles. The molecule has 1 heterocycles. The van der Waals surface area contributed by atoms with Crippen molar-refractivity contribution < 1.29 is 9.90 Å². The molecule has 0 bridgehead atoms. The smallest absolute Gasteiger partial charge is 0.336 e. The van der Waals surface area contributed by atoms with Crippen LogP contribution in [0.3, 0.4) is 0 Å². The number of carboxylic acid groups (broad SMARTS) is 1. The highest BCUT2D eigenvalue weighted by atomic mass is 16.4. The zero-order valence-corrected chi connectivity index (χ0v) is 12.6. The van der Waals surface area contributed by atoms with Crippen molar-refractivity contribution in [1.82, 2.24) is 4.57 Å². The summed E-state index contributed by atoms with van der Waals surface area (Å²) in [7, 11) is 0. The maximum atomic E-state index is 11.4. The average molecular weight is 289 g/mol. The number of nitrogens with zero attached hydrogens (tertiary/aromatic N) is 1. The van der Waals surface area contributed by atoms with Crippen LogP contribution in [0, 0.1) is 13.8 Å². The molecule has 1 aromatic carbocycles. The quantitative estimate of drug-likeness (QED) is 0.756. The fourth-order valence-corrected chi connectivity index (χ4v) is 2.93. The van der Waals surface area contributed by atoms with Crippen molar-refractivity contribution >= 4 is 16.9 Å². The zero-order valence-electron chi connectivity index (χ0n) is 12.6. The van der Waals surface area contributed by atoms with Crippen LogP contribution in [0.1, 0.15) is 33.6 Å². The molecule has 114 valence electrons. The lowest BCUT2D eigenvalue weighted by molar-refractivity contribution is 0.0696. The van der Waals surface area contributed by atoms with E-state index in [1.807, 2.05) is 13.0 Å². The van der Waals surface area contributed by atoms with Gasteiger partial charge in [-0.25, -0.2) is 4.79 Å². The van der Waals surface area contributed by atoms with Crippen LogP contribution < -0.4 is 11.5 Å². The second-order valence-corrected chi connectivity index (χ2v) is 5.39. The maximum absolute atomic E-state index is 11.4. The van der Waals surface area contributed by atoms with Crippen LogP contribution in [-0.2, 0) is 13.0 Å². The third-order valence-corrected chi connectivity index (χ3v) is 4.01. The van der Waals surface area contributed by atoms with Gasteiger partial charge in [-0.1, -0.05) is 0 Å². The van der Waals surface area contributed by atoms with Crippen molar-refractivity contribution in [2.45, 2.75) is 33.2 Å². The van der Waals surface area contributed by atoms with Crippen LogP contribution >= 0.6 is 0 Å². The summed E-state index contributed by atoms with van der Waals surface area (Å²) in [4.78, 5) is 11.4. The van der Waals surface area contributed by atoms with Gasteiger partial charge in [0.2, 0.25) is 0 Å². The predicted molar refractivity (Wildman–Crippen MR) is 84.8 cm³/mol. The summed E-state index contributed by atoms with van der Waals surface area (Å²) >= 11 is 0. The van der Waals surface area contributed by atoms with Gasteiger partial charge in [-0.3, -0.25) is 0 Å². The van der Waals surface area contributed by atoms with Crippen molar-refractivity contribution in [1.29, 1.82) is 0 Å². The van der Waals surface area contributed by atoms with Crippen LogP contribution in [0.4, 0.5) is 0 Å². The molecule has 0 aliphatic rings. The van der Waals surface area contributed by atoms with Crippen LogP contribution in [0.2, 0.25) is 0 Å². The summed E-state index contributed by atoms with van der Waals surface area (Å²) in [6.45, 7) is 5.89. The lowest BCUT2D eigenvalue weighted by atomic mass is 10.0. The molecule has 5 heteroatoms.